The van der Waals surface area contributed by atoms with Crippen LogP contribution in [0.3, 0.4) is 0 Å². The summed E-state index contributed by atoms with van der Waals surface area (Å²) in [5, 5.41) is 0. The first-order valence-electron chi connectivity index (χ1n) is 19.3. The Morgan fingerprint density at radius 3 is 1.61 bits per heavy atom. The predicted octanol–water partition coefficient (Wildman–Crippen LogP) is 7.84. The lowest BCUT2D eigenvalue weighted by atomic mass is 10.0. The molecule has 4 atom stereocenters. The Morgan fingerprint density at radius 1 is 0.625 bits per heavy atom. The first-order valence-corrected chi connectivity index (χ1v) is 19.3. The summed E-state index contributed by atoms with van der Waals surface area (Å²) in [5.74, 6) is 1.71. The number of imidazole rings is 2. The summed E-state index contributed by atoms with van der Waals surface area (Å²) < 4.78 is 0. The lowest BCUT2D eigenvalue weighted by Gasteiger charge is -2.31. The molecule has 0 spiro atoms. The minimum atomic E-state index is -0.381. The molecule has 2 amide bonds. The zero-order valence-electron chi connectivity index (χ0n) is 32.3. The molecule has 0 saturated carbocycles. The van der Waals surface area contributed by atoms with E-state index in [-0.39, 0.29) is 36.0 Å². The SMILES string of the molecule is CN(C)[C@@H](C(=O)N1CC=C[C@H]1c1ncc(-c2ccc(-c3ccc(-c4cnc([C@@H]5CCCN5C(=O)[C@@H](c5ccccc5)N(C)C)[nH]4)cc3)cc2)[nH]1)c1ccccc1. The van der Waals surface area contributed by atoms with Crippen molar-refractivity contribution in [3.05, 3.63) is 157 Å². The summed E-state index contributed by atoms with van der Waals surface area (Å²) in [6, 6.07) is 35.7. The molecule has 4 aromatic carbocycles. The molecule has 4 heterocycles. The Kier molecular flexibility index (Phi) is 10.5. The molecule has 2 aromatic heterocycles. The van der Waals surface area contributed by atoms with Gasteiger partial charge in [-0.15, -0.1) is 0 Å². The first kappa shape index (κ1) is 36.9. The number of nitrogens with one attached hydrogen (secondary N) is 2. The van der Waals surface area contributed by atoms with Gasteiger partial charge in [0.15, 0.2) is 0 Å². The topological polar surface area (TPSA) is 104 Å². The van der Waals surface area contributed by atoms with Crippen LogP contribution in [0.5, 0.6) is 0 Å². The second-order valence-corrected chi connectivity index (χ2v) is 15.1. The fraction of sp³-hybridized carbons (Fsp3) is 0.261. The number of hydrogen-bond donors (Lipinski definition) is 2. The average Bonchev–Trinajstić information content (AvgIpc) is 4.06. The van der Waals surface area contributed by atoms with E-state index < -0.39 is 0 Å². The number of benzene rings is 4. The molecule has 0 bridgehead atoms. The Bertz CT molecular complexity index is 2290. The van der Waals surface area contributed by atoms with Crippen LogP contribution in [0.4, 0.5) is 0 Å². The number of likely N-dealkylation sites (tertiary alicyclic amines) is 1. The zero-order valence-corrected chi connectivity index (χ0v) is 32.3. The fourth-order valence-corrected chi connectivity index (χ4v) is 8.18. The van der Waals surface area contributed by atoms with Gasteiger partial charge in [-0.05, 0) is 74.4 Å². The van der Waals surface area contributed by atoms with Crippen LogP contribution in [0.1, 0.15) is 59.8 Å². The molecule has 2 aliphatic heterocycles. The Labute approximate surface area is 328 Å². The number of nitrogens with zero attached hydrogens (tertiary/aromatic N) is 6. The third kappa shape index (κ3) is 7.33. The van der Waals surface area contributed by atoms with E-state index in [1.54, 1.807) is 0 Å². The lowest BCUT2D eigenvalue weighted by molar-refractivity contribution is -0.138. The number of amides is 2. The maximum absolute atomic E-state index is 13.9. The molecule has 0 aliphatic carbocycles. The summed E-state index contributed by atoms with van der Waals surface area (Å²) in [7, 11) is 7.80. The Hall–Kier alpha value is -6.10. The summed E-state index contributed by atoms with van der Waals surface area (Å²) >= 11 is 0. The molecule has 284 valence electrons. The van der Waals surface area contributed by atoms with Gasteiger partial charge in [0.1, 0.15) is 29.8 Å². The van der Waals surface area contributed by atoms with Gasteiger partial charge in [-0.1, -0.05) is 121 Å². The number of H-pyrrole nitrogens is 2. The molecule has 2 N–H and O–H groups in total. The van der Waals surface area contributed by atoms with Gasteiger partial charge >= 0.3 is 0 Å². The quantitative estimate of drug-likeness (QED) is 0.131. The van der Waals surface area contributed by atoms with Crippen molar-refractivity contribution in [3.8, 4) is 33.6 Å². The van der Waals surface area contributed by atoms with Gasteiger partial charge in [0.2, 0.25) is 11.8 Å². The van der Waals surface area contributed by atoms with Crippen molar-refractivity contribution in [1.29, 1.82) is 0 Å². The van der Waals surface area contributed by atoms with Gasteiger partial charge in [-0.3, -0.25) is 19.4 Å². The van der Waals surface area contributed by atoms with Gasteiger partial charge < -0.3 is 19.8 Å². The maximum atomic E-state index is 13.9. The van der Waals surface area contributed by atoms with Gasteiger partial charge in [-0.2, -0.15) is 0 Å². The van der Waals surface area contributed by atoms with Crippen LogP contribution in [-0.4, -0.2) is 92.6 Å². The van der Waals surface area contributed by atoms with Crippen LogP contribution >= 0.6 is 0 Å². The van der Waals surface area contributed by atoms with Crippen molar-refractivity contribution in [3.63, 3.8) is 0 Å². The molecule has 8 rings (SSSR count). The molecule has 1 saturated heterocycles. The summed E-state index contributed by atoms with van der Waals surface area (Å²) in [6.07, 6.45) is 9.63. The molecule has 10 nitrogen and oxygen atoms in total. The number of hydrogen-bond acceptors (Lipinski definition) is 6. The monoisotopic (exact) mass is 744 g/mol. The van der Waals surface area contributed by atoms with Crippen LogP contribution in [0.15, 0.2) is 134 Å². The predicted molar refractivity (Wildman–Crippen MR) is 220 cm³/mol. The highest BCUT2D eigenvalue weighted by atomic mass is 16.2. The van der Waals surface area contributed by atoms with Crippen LogP contribution in [0.25, 0.3) is 33.6 Å². The van der Waals surface area contributed by atoms with E-state index in [0.29, 0.717) is 6.54 Å². The minimum absolute atomic E-state index is 0.0438. The van der Waals surface area contributed by atoms with Crippen LogP contribution in [-0.2, 0) is 9.59 Å². The molecule has 10 heteroatoms. The van der Waals surface area contributed by atoms with E-state index in [2.05, 4.69) is 58.5 Å². The highest BCUT2D eigenvalue weighted by Gasteiger charge is 2.37. The number of likely N-dealkylation sites (N-methyl/N-ethyl adjacent to an activating group) is 2. The van der Waals surface area contributed by atoms with E-state index in [1.165, 1.54) is 0 Å². The lowest BCUT2D eigenvalue weighted by Crippen LogP contribution is -2.40. The molecular formula is C46H48N8O2. The third-order valence-corrected chi connectivity index (χ3v) is 11.0. The standard InChI is InChI=1S/C46H48N8O2/c1-51(2)41(35-13-7-5-8-14-35)45(55)53-27-11-17-39(53)43-47-29-37(49-43)33-23-19-31(20-24-33)32-21-25-34(26-22-32)38-30-48-44(50-38)40-18-12-28-54(40)46(56)42(52(3)4)36-15-9-6-10-16-36/h5-11,13-17,19-26,29-30,39-42H,12,18,27-28H2,1-4H3,(H,47,49)(H,48,50)/t39-,40-,41+,42+/m0/s1. The Balaban J connectivity index is 0.932. The van der Waals surface area contributed by atoms with E-state index >= 15 is 0 Å². The summed E-state index contributed by atoms with van der Waals surface area (Å²) in [6.45, 7) is 1.26. The van der Waals surface area contributed by atoms with Gasteiger partial charge in [0.25, 0.3) is 0 Å². The summed E-state index contributed by atoms with van der Waals surface area (Å²) in [4.78, 5) is 52.2. The van der Waals surface area contributed by atoms with E-state index in [0.717, 1.165) is 75.8 Å². The van der Waals surface area contributed by atoms with E-state index in [1.807, 2.05) is 133 Å². The first-order chi connectivity index (χ1) is 27.3. The van der Waals surface area contributed by atoms with Crippen LogP contribution in [0.2, 0.25) is 0 Å². The molecular weight excluding hydrogens is 697 g/mol. The van der Waals surface area contributed by atoms with Gasteiger partial charge in [0.05, 0.1) is 29.8 Å². The van der Waals surface area contributed by atoms with Crippen molar-refractivity contribution in [2.24, 2.45) is 0 Å². The summed E-state index contributed by atoms with van der Waals surface area (Å²) in [5.41, 5.74) is 8.05. The van der Waals surface area contributed by atoms with Gasteiger partial charge in [0, 0.05) is 13.1 Å². The smallest absolute Gasteiger partial charge is 0.245 e. The number of rotatable bonds is 11. The van der Waals surface area contributed by atoms with Crippen LogP contribution in [0, 0.1) is 0 Å². The highest BCUT2D eigenvalue weighted by molar-refractivity contribution is 5.85. The Morgan fingerprint density at radius 2 is 1.09 bits per heavy atom. The molecule has 56 heavy (non-hydrogen) atoms. The number of carbonyl (C=O) groups is 2. The van der Waals surface area contributed by atoms with Crippen LogP contribution < -0.4 is 0 Å². The average molecular weight is 745 g/mol. The molecule has 0 radical (unpaired) electrons. The van der Waals surface area contributed by atoms with Crippen molar-refractivity contribution in [1.82, 2.24) is 39.5 Å². The zero-order chi connectivity index (χ0) is 38.8. The van der Waals surface area contributed by atoms with Crippen molar-refractivity contribution in [2.75, 3.05) is 41.3 Å². The minimum Gasteiger partial charge on any atom is -0.340 e. The largest absolute Gasteiger partial charge is 0.340 e. The van der Waals surface area contributed by atoms with E-state index in [4.69, 9.17) is 9.97 Å². The second kappa shape index (κ2) is 15.9. The van der Waals surface area contributed by atoms with Crippen molar-refractivity contribution in [2.45, 2.75) is 37.0 Å². The molecule has 0 unspecified atom stereocenters. The van der Waals surface area contributed by atoms with Gasteiger partial charge in [-0.25, -0.2) is 9.97 Å². The molecule has 1 fully saturated rings. The number of carbonyl (C=O) groups excluding carboxylic acids is 2. The highest BCUT2D eigenvalue weighted by Crippen LogP contribution is 2.36. The fourth-order valence-electron chi connectivity index (χ4n) is 8.18. The molecule has 2 aliphatic rings. The molecule has 6 aromatic rings. The van der Waals surface area contributed by atoms with Crippen molar-refractivity contribution < 1.29 is 9.59 Å². The normalized spacial score (nSPS) is 17.9. The maximum Gasteiger partial charge on any atom is 0.245 e. The number of aromatic amines is 2. The third-order valence-electron chi connectivity index (χ3n) is 11.0. The van der Waals surface area contributed by atoms with E-state index in [9.17, 15) is 9.59 Å². The van der Waals surface area contributed by atoms with Crippen molar-refractivity contribution >= 4 is 11.8 Å². The number of aromatic nitrogens is 4. The second-order valence-electron chi connectivity index (χ2n) is 15.1.